The van der Waals surface area contributed by atoms with E-state index in [4.69, 9.17) is 0 Å². The third kappa shape index (κ3) is 5.84. The molecular weight excluding hydrogens is 210 g/mol. The lowest BCUT2D eigenvalue weighted by Crippen LogP contribution is -2.49. The first-order valence-electron chi connectivity index (χ1n) is 7.45. The average molecular weight is 241 g/mol. The van der Waals surface area contributed by atoms with Crippen LogP contribution < -0.4 is 5.32 Å². The van der Waals surface area contributed by atoms with Crippen LogP contribution in [0.15, 0.2) is 0 Å². The molecule has 0 aliphatic carbocycles. The van der Waals surface area contributed by atoms with Gasteiger partial charge in [0.05, 0.1) is 0 Å². The van der Waals surface area contributed by atoms with E-state index in [1.165, 1.54) is 58.5 Å². The predicted molar refractivity (Wildman–Crippen MR) is 75.5 cm³/mol. The summed E-state index contributed by atoms with van der Waals surface area (Å²) < 4.78 is 0. The molecule has 1 rings (SSSR count). The van der Waals surface area contributed by atoms with Gasteiger partial charge in [-0.25, -0.2) is 0 Å². The Balaban J connectivity index is 2.10. The summed E-state index contributed by atoms with van der Waals surface area (Å²) in [5.74, 6) is 0. The van der Waals surface area contributed by atoms with Gasteiger partial charge < -0.3 is 10.2 Å². The molecule has 0 saturated carbocycles. The van der Waals surface area contributed by atoms with Gasteiger partial charge in [-0.2, -0.15) is 0 Å². The molecule has 3 nitrogen and oxygen atoms in total. The van der Waals surface area contributed by atoms with Gasteiger partial charge in [0, 0.05) is 32.2 Å². The van der Waals surface area contributed by atoms with Crippen molar-refractivity contribution in [2.75, 3.05) is 45.8 Å². The second-order valence-corrected chi connectivity index (χ2v) is 5.22. The van der Waals surface area contributed by atoms with Crippen molar-refractivity contribution in [1.82, 2.24) is 15.1 Å². The Hall–Kier alpha value is -0.120. The molecule has 1 aliphatic rings. The molecule has 1 aliphatic heterocycles. The molecule has 0 aromatic heterocycles. The molecule has 17 heavy (non-hydrogen) atoms. The molecule has 1 fully saturated rings. The first kappa shape index (κ1) is 14.9. The lowest BCUT2D eigenvalue weighted by molar-refractivity contribution is 0.0981. The SMILES string of the molecule is CCCN1CCN(C(C)CCCNCC)CC1. The quantitative estimate of drug-likeness (QED) is 0.654. The van der Waals surface area contributed by atoms with E-state index in [2.05, 4.69) is 35.9 Å². The molecule has 0 bridgehead atoms. The van der Waals surface area contributed by atoms with Gasteiger partial charge in [-0.15, -0.1) is 0 Å². The standard InChI is InChI=1S/C14H31N3/c1-4-9-16-10-12-17(13-11-16)14(3)7-6-8-15-5-2/h14-15H,4-13H2,1-3H3. The molecule has 0 aromatic rings. The monoisotopic (exact) mass is 241 g/mol. The van der Waals surface area contributed by atoms with Crippen LogP contribution in [0.1, 0.15) is 40.0 Å². The van der Waals surface area contributed by atoms with E-state index >= 15 is 0 Å². The van der Waals surface area contributed by atoms with Crippen molar-refractivity contribution in [2.45, 2.75) is 46.1 Å². The first-order valence-corrected chi connectivity index (χ1v) is 7.45. The summed E-state index contributed by atoms with van der Waals surface area (Å²) >= 11 is 0. The van der Waals surface area contributed by atoms with Crippen LogP contribution in [0.3, 0.4) is 0 Å². The third-order valence-corrected chi connectivity index (χ3v) is 3.80. The average Bonchev–Trinajstić information content (AvgIpc) is 2.36. The molecular formula is C14H31N3. The van der Waals surface area contributed by atoms with Gasteiger partial charge in [-0.1, -0.05) is 13.8 Å². The molecule has 1 heterocycles. The Kier molecular flexibility index (Phi) is 7.82. The van der Waals surface area contributed by atoms with E-state index in [9.17, 15) is 0 Å². The third-order valence-electron chi connectivity index (χ3n) is 3.80. The van der Waals surface area contributed by atoms with Gasteiger partial charge in [0.15, 0.2) is 0 Å². The number of piperazine rings is 1. The highest BCUT2D eigenvalue weighted by Crippen LogP contribution is 2.10. The highest BCUT2D eigenvalue weighted by atomic mass is 15.3. The zero-order valence-electron chi connectivity index (χ0n) is 12.0. The van der Waals surface area contributed by atoms with Crippen LogP contribution in [-0.4, -0.2) is 61.7 Å². The number of nitrogens with zero attached hydrogens (tertiary/aromatic N) is 2. The molecule has 1 unspecified atom stereocenters. The van der Waals surface area contributed by atoms with Crippen LogP contribution in [0.4, 0.5) is 0 Å². The molecule has 1 atom stereocenters. The van der Waals surface area contributed by atoms with E-state index in [0.29, 0.717) is 0 Å². The Morgan fingerprint density at radius 1 is 1.12 bits per heavy atom. The minimum Gasteiger partial charge on any atom is -0.317 e. The van der Waals surface area contributed by atoms with E-state index in [-0.39, 0.29) is 0 Å². The maximum atomic E-state index is 3.40. The van der Waals surface area contributed by atoms with E-state index < -0.39 is 0 Å². The Morgan fingerprint density at radius 3 is 2.41 bits per heavy atom. The zero-order valence-corrected chi connectivity index (χ0v) is 12.0. The Morgan fingerprint density at radius 2 is 1.82 bits per heavy atom. The highest BCUT2D eigenvalue weighted by molar-refractivity contribution is 4.76. The maximum Gasteiger partial charge on any atom is 0.0113 e. The molecule has 102 valence electrons. The van der Waals surface area contributed by atoms with Crippen LogP contribution >= 0.6 is 0 Å². The van der Waals surface area contributed by atoms with Crippen LogP contribution in [-0.2, 0) is 0 Å². The summed E-state index contributed by atoms with van der Waals surface area (Å²) in [5.41, 5.74) is 0. The number of rotatable bonds is 8. The summed E-state index contributed by atoms with van der Waals surface area (Å²) in [7, 11) is 0. The normalized spacial score (nSPS) is 20.6. The van der Waals surface area contributed by atoms with E-state index in [1.54, 1.807) is 0 Å². The summed E-state index contributed by atoms with van der Waals surface area (Å²) in [6, 6.07) is 0.762. The van der Waals surface area contributed by atoms with Crippen molar-refractivity contribution in [3.8, 4) is 0 Å². The van der Waals surface area contributed by atoms with Gasteiger partial charge in [0.1, 0.15) is 0 Å². The summed E-state index contributed by atoms with van der Waals surface area (Å²) in [5, 5.41) is 3.40. The molecule has 0 spiro atoms. The summed E-state index contributed by atoms with van der Waals surface area (Å²) in [4.78, 5) is 5.26. The molecule has 0 radical (unpaired) electrons. The van der Waals surface area contributed by atoms with Gasteiger partial charge in [0.2, 0.25) is 0 Å². The Labute approximate surface area is 108 Å². The minimum atomic E-state index is 0.762. The fourth-order valence-corrected chi connectivity index (χ4v) is 2.63. The Bertz CT molecular complexity index is 176. The van der Waals surface area contributed by atoms with Crippen LogP contribution in [0.25, 0.3) is 0 Å². The minimum absolute atomic E-state index is 0.762. The fourth-order valence-electron chi connectivity index (χ4n) is 2.63. The molecule has 0 amide bonds. The first-order chi connectivity index (χ1) is 8.27. The van der Waals surface area contributed by atoms with Crippen LogP contribution in [0.5, 0.6) is 0 Å². The summed E-state index contributed by atoms with van der Waals surface area (Å²) in [6.45, 7) is 15.5. The van der Waals surface area contributed by atoms with Crippen molar-refractivity contribution in [1.29, 1.82) is 0 Å². The van der Waals surface area contributed by atoms with E-state index in [1.807, 2.05) is 0 Å². The second kappa shape index (κ2) is 8.90. The topological polar surface area (TPSA) is 18.5 Å². The van der Waals surface area contributed by atoms with Crippen molar-refractivity contribution < 1.29 is 0 Å². The van der Waals surface area contributed by atoms with Gasteiger partial charge in [-0.05, 0) is 45.8 Å². The lowest BCUT2D eigenvalue weighted by atomic mass is 10.1. The van der Waals surface area contributed by atoms with Gasteiger partial charge in [0.25, 0.3) is 0 Å². The summed E-state index contributed by atoms with van der Waals surface area (Å²) in [6.07, 6.45) is 3.93. The molecule has 1 saturated heterocycles. The van der Waals surface area contributed by atoms with Gasteiger partial charge in [-0.3, -0.25) is 4.90 Å². The second-order valence-electron chi connectivity index (χ2n) is 5.22. The number of hydrogen-bond donors (Lipinski definition) is 1. The smallest absolute Gasteiger partial charge is 0.0113 e. The van der Waals surface area contributed by atoms with E-state index in [0.717, 1.165) is 12.6 Å². The lowest BCUT2D eigenvalue weighted by Gasteiger charge is -2.38. The van der Waals surface area contributed by atoms with Crippen molar-refractivity contribution in [3.05, 3.63) is 0 Å². The van der Waals surface area contributed by atoms with Gasteiger partial charge >= 0.3 is 0 Å². The van der Waals surface area contributed by atoms with Crippen LogP contribution in [0.2, 0.25) is 0 Å². The van der Waals surface area contributed by atoms with Crippen LogP contribution in [0, 0.1) is 0 Å². The predicted octanol–water partition coefficient (Wildman–Crippen LogP) is 1.79. The maximum absolute atomic E-state index is 3.40. The number of hydrogen-bond acceptors (Lipinski definition) is 3. The number of nitrogens with one attached hydrogen (secondary N) is 1. The largest absolute Gasteiger partial charge is 0.317 e. The van der Waals surface area contributed by atoms with Crippen molar-refractivity contribution in [2.24, 2.45) is 0 Å². The molecule has 3 heteroatoms. The fraction of sp³-hybridized carbons (Fsp3) is 1.00. The molecule has 0 aromatic carbocycles. The van der Waals surface area contributed by atoms with Crippen molar-refractivity contribution in [3.63, 3.8) is 0 Å². The van der Waals surface area contributed by atoms with Crippen molar-refractivity contribution >= 4 is 0 Å². The highest BCUT2D eigenvalue weighted by Gasteiger charge is 2.19. The molecule has 1 N–H and O–H groups in total. The zero-order chi connectivity index (χ0) is 12.5.